The van der Waals surface area contributed by atoms with Gasteiger partial charge < -0.3 is 20.1 Å². The van der Waals surface area contributed by atoms with Gasteiger partial charge in [0, 0.05) is 23.1 Å². The van der Waals surface area contributed by atoms with Crippen molar-refractivity contribution in [1.82, 2.24) is 4.90 Å². The molecular weight excluding hydrogens is 412 g/mol. The number of nitrogens with zero attached hydrogens (tertiary/aromatic N) is 1. The monoisotopic (exact) mass is 444 g/mol. The molecule has 1 saturated carbocycles. The maximum Gasteiger partial charge on any atom is 0.249 e. The Hall–Kier alpha value is -3.31. The molecule has 1 aliphatic rings. The van der Waals surface area contributed by atoms with Crippen LogP contribution in [0.25, 0.3) is 0 Å². The molecular formula is C28H32N2O3. The Balaban J connectivity index is 1.69. The second kappa shape index (κ2) is 9.67. The SMILES string of the molecule is Cc1c(C(N)=O)cc(OCCN(C)C)cc1C1(c2ccccc2OCc2ccccc2)CC1. The summed E-state index contributed by atoms with van der Waals surface area (Å²) in [6.07, 6.45) is 1.97. The second-order valence-electron chi connectivity index (χ2n) is 9.01. The second-order valence-corrected chi connectivity index (χ2v) is 9.01. The highest BCUT2D eigenvalue weighted by Crippen LogP contribution is 2.57. The molecule has 2 N–H and O–H groups in total. The van der Waals surface area contributed by atoms with Gasteiger partial charge in [0.25, 0.3) is 0 Å². The molecule has 0 atom stereocenters. The number of amides is 1. The van der Waals surface area contributed by atoms with Crippen molar-refractivity contribution in [3.63, 3.8) is 0 Å². The standard InChI is InChI=1S/C28H32N2O3/c1-20-23(27(29)31)17-22(32-16-15-30(2)3)18-25(20)28(13-14-28)24-11-7-8-12-26(24)33-19-21-9-5-4-6-10-21/h4-12,17-18H,13-16,19H2,1-3H3,(H2,29,31). The number of para-hydroxylation sites is 1. The average molecular weight is 445 g/mol. The average Bonchev–Trinajstić information content (AvgIpc) is 3.61. The van der Waals surface area contributed by atoms with E-state index in [2.05, 4.69) is 29.2 Å². The molecule has 0 aliphatic heterocycles. The first-order valence-corrected chi connectivity index (χ1v) is 11.4. The van der Waals surface area contributed by atoms with E-state index < -0.39 is 5.91 Å². The highest BCUT2D eigenvalue weighted by molar-refractivity contribution is 5.95. The third-order valence-corrected chi connectivity index (χ3v) is 6.36. The van der Waals surface area contributed by atoms with Crippen LogP contribution in [0.1, 0.15) is 45.5 Å². The summed E-state index contributed by atoms with van der Waals surface area (Å²) in [5.41, 5.74) is 10.3. The van der Waals surface area contributed by atoms with Crippen LogP contribution in [-0.4, -0.2) is 38.1 Å². The molecule has 3 aromatic carbocycles. The van der Waals surface area contributed by atoms with E-state index in [0.717, 1.165) is 47.4 Å². The van der Waals surface area contributed by atoms with E-state index in [1.165, 1.54) is 0 Å². The van der Waals surface area contributed by atoms with E-state index in [1.807, 2.05) is 57.4 Å². The van der Waals surface area contributed by atoms with Crippen LogP contribution in [0.15, 0.2) is 66.7 Å². The maximum atomic E-state index is 12.3. The summed E-state index contributed by atoms with van der Waals surface area (Å²) >= 11 is 0. The summed E-state index contributed by atoms with van der Waals surface area (Å²) < 4.78 is 12.3. The lowest BCUT2D eigenvalue weighted by molar-refractivity contribution is 0.0999. The Morgan fingerprint density at radius 3 is 2.33 bits per heavy atom. The number of hydrogen-bond donors (Lipinski definition) is 1. The summed E-state index contributed by atoms with van der Waals surface area (Å²) in [6.45, 7) is 3.81. The normalized spacial score (nSPS) is 14.2. The van der Waals surface area contributed by atoms with E-state index >= 15 is 0 Å². The summed E-state index contributed by atoms with van der Waals surface area (Å²) in [5, 5.41) is 0. The minimum absolute atomic E-state index is 0.206. The molecule has 0 bridgehead atoms. The largest absolute Gasteiger partial charge is 0.492 e. The number of carbonyl (C=O) groups is 1. The van der Waals surface area contributed by atoms with Crippen LogP contribution in [0.4, 0.5) is 0 Å². The van der Waals surface area contributed by atoms with E-state index in [1.54, 1.807) is 6.07 Å². The molecule has 0 spiro atoms. The number of ether oxygens (including phenoxy) is 2. The first-order chi connectivity index (χ1) is 15.9. The first-order valence-electron chi connectivity index (χ1n) is 11.4. The van der Waals surface area contributed by atoms with Gasteiger partial charge in [0.15, 0.2) is 0 Å². The number of likely N-dealkylation sites (N-methyl/N-ethyl adjacent to an activating group) is 1. The zero-order valence-corrected chi connectivity index (χ0v) is 19.6. The zero-order chi connectivity index (χ0) is 23.4. The van der Waals surface area contributed by atoms with Crippen LogP contribution in [0.2, 0.25) is 0 Å². The van der Waals surface area contributed by atoms with Gasteiger partial charge in [-0.05, 0) is 68.8 Å². The number of rotatable bonds is 10. The fourth-order valence-corrected chi connectivity index (χ4v) is 4.40. The number of carbonyl (C=O) groups excluding carboxylic acids is 1. The summed E-state index contributed by atoms with van der Waals surface area (Å²) in [7, 11) is 4.01. The lowest BCUT2D eigenvalue weighted by Gasteiger charge is -2.24. The molecule has 0 saturated heterocycles. The van der Waals surface area contributed by atoms with Gasteiger partial charge in [-0.3, -0.25) is 4.79 Å². The van der Waals surface area contributed by atoms with Gasteiger partial charge in [-0.2, -0.15) is 0 Å². The molecule has 3 aromatic rings. The molecule has 1 fully saturated rings. The van der Waals surface area contributed by atoms with Crippen LogP contribution >= 0.6 is 0 Å². The lowest BCUT2D eigenvalue weighted by atomic mass is 9.83. The van der Waals surface area contributed by atoms with Gasteiger partial charge in [0.05, 0.1) is 0 Å². The Morgan fingerprint density at radius 1 is 0.970 bits per heavy atom. The fourth-order valence-electron chi connectivity index (χ4n) is 4.40. The van der Waals surface area contributed by atoms with Crippen molar-refractivity contribution in [3.8, 4) is 11.5 Å². The van der Waals surface area contributed by atoms with Crippen molar-refractivity contribution < 1.29 is 14.3 Å². The van der Waals surface area contributed by atoms with Gasteiger partial charge in [0.2, 0.25) is 5.91 Å². The molecule has 172 valence electrons. The molecule has 33 heavy (non-hydrogen) atoms. The highest BCUT2D eigenvalue weighted by atomic mass is 16.5. The first kappa shape index (κ1) is 22.9. The third kappa shape index (κ3) is 5.04. The number of nitrogens with two attached hydrogens (primary N) is 1. The molecule has 0 heterocycles. The number of hydrogen-bond acceptors (Lipinski definition) is 4. The summed E-state index contributed by atoms with van der Waals surface area (Å²) in [5.74, 6) is 1.12. The number of primary amides is 1. The van der Waals surface area contributed by atoms with Crippen LogP contribution in [0.3, 0.4) is 0 Å². The molecule has 1 aliphatic carbocycles. The lowest BCUT2D eigenvalue weighted by Crippen LogP contribution is -2.21. The fraction of sp³-hybridized carbons (Fsp3) is 0.321. The molecule has 5 nitrogen and oxygen atoms in total. The predicted octanol–water partition coefficient (Wildman–Crippen LogP) is 4.69. The van der Waals surface area contributed by atoms with Crippen molar-refractivity contribution >= 4 is 5.91 Å². The molecule has 0 radical (unpaired) electrons. The predicted molar refractivity (Wildman–Crippen MR) is 131 cm³/mol. The molecule has 0 aromatic heterocycles. The Kier molecular flexibility index (Phi) is 6.70. The van der Waals surface area contributed by atoms with Gasteiger partial charge in [0.1, 0.15) is 24.7 Å². The minimum Gasteiger partial charge on any atom is -0.492 e. The van der Waals surface area contributed by atoms with Gasteiger partial charge in [-0.1, -0.05) is 48.5 Å². The number of benzene rings is 3. The van der Waals surface area contributed by atoms with Gasteiger partial charge in [-0.25, -0.2) is 0 Å². The molecule has 4 rings (SSSR count). The smallest absolute Gasteiger partial charge is 0.249 e. The van der Waals surface area contributed by atoms with Crippen LogP contribution < -0.4 is 15.2 Å². The Labute approximate surface area is 196 Å². The Bertz CT molecular complexity index is 1120. The van der Waals surface area contributed by atoms with E-state index in [0.29, 0.717) is 24.5 Å². The third-order valence-electron chi connectivity index (χ3n) is 6.36. The van der Waals surface area contributed by atoms with Crippen molar-refractivity contribution in [2.24, 2.45) is 5.73 Å². The molecule has 5 heteroatoms. The van der Waals surface area contributed by atoms with Crippen molar-refractivity contribution in [2.75, 3.05) is 27.2 Å². The van der Waals surface area contributed by atoms with Crippen LogP contribution in [0.5, 0.6) is 11.5 Å². The highest BCUT2D eigenvalue weighted by Gasteiger charge is 2.49. The summed E-state index contributed by atoms with van der Waals surface area (Å²) in [6, 6.07) is 22.2. The molecule has 0 unspecified atom stereocenters. The van der Waals surface area contributed by atoms with E-state index in [9.17, 15) is 4.79 Å². The van der Waals surface area contributed by atoms with Gasteiger partial charge >= 0.3 is 0 Å². The van der Waals surface area contributed by atoms with Gasteiger partial charge in [-0.15, -0.1) is 0 Å². The zero-order valence-electron chi connectivity index (χ0n) is 19.6. The van der Waals surface area contributed by atoms with Crippen LogP contribution in [0, 0.1) is 6.92 Å². The van der Waals surface area contributed by atoms with Crippen LogP contribution in [-0.2, 0) is 12.0 Å². The minimum atomic E-state index is -0.434. The van der Waals surface area contributed by atoms with E-state index in [4.69, 9.17) is 15.2 Å². The van der Waals surface area contributed by atoms with Crippen molar-refractivity contribution in [3.05, 3.63) is 94.5 Å². The topological polar surface area (TPSA) is 64.8 Å². The summed E-state index contributed by atoms with van der Waals surface area (Å²) in [4.78, 5) is 14.3. The van der Waals surface area contributed by atoms with E-state index in [-0.39, 0.29) is 5.41 Å². The molecule has 1 amide bonds. The quantitative estimate of drug-likeness (QED) is 0.493. The maximum absolute atomic E-state index is 12.3. The van der Waals surface area contributed by atoms with Crippen molar-refractivity contribution in [2.45, 2.75) is 31.8 Å². The van der Waals surface area contributed by atoms with Crippen molar-refractivity contribution in [1.29, 1.82) is 0 Å². The Morgan fingerprint density at radius 2 is 1.67 bits per heavy atom.